The lowest BCUT2D eigenvalue weighted by atomic mass is 9.98. The smallest absolute Gasteiger partial charge is 0.291 e. The van der Waals surface area contributed by atoms with Crippen molar-refractivity contribution in [2.45, 2.75) is 25.9 Å². The number of fused-ring (bicyclic) bond motifs is 2. The molecule has 0 fully saturated rings. The molecule has 0 radical (unpaired) electrons. The molecule has 1 aliphatic heterocycles. The fraction of sp³-hybridized carbons (Fsp3) is 0.214. The maximum absolute atomic E-state index is 14.0. The Kier molecular flexibility index (Phi) is 5.99. The van der Waals surface area contributed by atoms with Gasteiger partial charge in [-0.2, -0.15) is 0 Å². The molecule has 0 spiro atoms. The molecule has 0 saturated heterocycles. The summed E-state index contributed by atoms with van der Waals surface area (Å²) in [6.07, 6.45) is 0.847. The molecule has 1 unspecified atom stereocenters. The molecule has 178 valence electrons. The Bertz CT molecular complexity index is 1460. The third-order valence-electron chi connectivity index (χ3n) is 6.09. The van der Waals surface area contributed by atoms with E-state index in [1.54, 1.807) is 12.0 Å². The van der Waals surface area contributed by atoms with Gasteiger partial charge in [-0.25, -0.2) is 4.39 Å². The molecule has 3 aromatic carbocycles. The normalized spacial score (nSPS) is 14.9. The summed E-state index contributed by atoms with van der Waals surface area (Å²) in [6.45, 7) is 2.80. The van der Waals surface area contributed by atoms with Crippen LogP contribution in [0.4, 0.5) is 4.39 Å². The summed E-state index contributed by atoms with van der Waals surface area (Å²) in [5.41, 5.74) is 1.53. The molecule has 0 aliphatic carbocycles. The molecule has 5 rings (SSSR count). The van der Waals surface area contributed by atoms with Crippen LogP contribution in [-0.2, 0) is 6.54 Å². The first-order valence-corrected chi connectivity index (χ1v) is 11.4. The van der Waals surface area contributed by atoms with Gasteiger partial charge in [0.05, 0.1) is 30.7 Å². The highest BCUT2D eigenvalue weighted by Gasteiger charge is 2.42. The topological polar surface area (TPSA) is 69.0 Å². The zero-order valence-electron chi connectivity index (χ0n) is 19.4. The second-order valence-corrected chi connectivity index (χ2v) is 8.42. The van der Waals surface area contributed by atoms with E-state index in [0.717, 1.165) is 18.1 Å². The van der Waals surface area contributed by atoms with Crippen molar-refractivity contribution >= 4 is 16.9 Å². The van der Waals surface area contributed by atoms with Gasteiger partial charge in [0, 0.05) is 6.54 Å². The molecular weight excluding hydrogens is 449 g/mol. The van der Waals surface area contributed by atoms with Crippen LogP contribution in [0.15, 0.2) is 75.9 Å². The number of ether oxygens (including phenoxy) is 2. The number of hydrogen-bond donors (Lipinski definition) is 0. The number of carbonyl (C=O) groups is 1. The predicted octanol–water partition coefficient (Wildman–Crippen LogP) is 5.47. The van der Waals surface area contributed by atoms with Crippen LogP contribution in [0.1, 0.15) is 46.6 Å². The van der Waals surface area contributed by atoms with Crippen molar-refractivity contribution in [3.05, 3.63) is 105 Å². The van der Waals surface area contributed by atoms with Gasteiger partial charge < -0.3 is 18.8 Å². The molecule has 1 aromatic heterocycles. The van der Waals surface area contributed by atoms with E-state index in [0.29, 0.717) is 23.7 Å². The van der Waals surface area contributed by atoms with E-state index in [4.69, 9.17) is 13.9 Å². The Morgan fingerprint density at radius 2 is 1.80 bits per heavy atom. The van der Waals surface area contributed by atoms with Gasteiger partial charge in [-0.3, -0.25) is 9.59 Å². The van der Waals surface area contributed by atoms with E-state index in [-0.39, 0.29) is 28.8 Å². The van der Waals surface area contributed by atoms with Crippen molar-refractivity contribution in [1.82, 2.24) is 4.90 Å². The lowest BCUT2D eigenvalue weighted by Gasteiger charge is -2.25. The van der Waals surface area contributed by atoms with E-state index >= 15 is 0 Å². The first-order valence-electron chi connectivity index (χ1n) is 11.4. The van der Waals surface area contributed by atoms with Gasteiger partial charge in [0.2, 0.25) is 5.76 Å². The number of halogens is 1. The summed E-state index contributed by atoms with van der Waals surface area (Å²) in [4.78, 5) is 28.8. The van der Waals surface area contributed by atoms with E-state index in [1.807, 2.05) is 55.5 Å². The molecule has 35 heavy (non-hydrogen) atoms. The molecule has 2 heterocycles. The van der Waals surface area contributed by atoms with Gasteiger partial charge in [-0.1, -0.05) is 31.2 Å². The Morgan fingerprint density at radius 3 is 2.54 bits per heavy atom. The highest BCUT2D eigenvalue weighted by atomic mass is 19.1. The minimum Gasteiger partial charge on any atom is -0.497 e. The van der Waals surface area contributed by atoms with E-state index in [1.165, 1.54) is 12.1 Å². The summed E-state index contributed by atoms with van der Waals surface area (Å²) in [7, 11) is 1.59. The predicted molar refractivity (Wildman–Crippen MR) is 129 cm³/mol. The van der Waals surface area contributed by atoms with E-state index < -0.39 is 23.2 Å². The van der Waals surface area contributed by atoms with Crippen molar-refractivity contribution in [2.24, 2.45) is 0 Å². The first kappa shape index (κ1) is 22.7. The summed E-state index contributed by atoms with van der Waals surface area (Å²) in [6, 6.07) is 17.7. The third-order valence-corrected chi connectivity index (χ3v) is 6.09. The standard InChI is InChI=1S/C28H24FNO5/c1-3-13-34-21-6-4-5-18(14-21)25-24-26(31)22-15-19(29)9-12-23(22)35-27(24)28(32)30(25)16-17-7-10-20(33-2)11-8-17/h4-12,14-15,25H,3,13,16H2,1-2H3. The molecule has 0 N–H and O–H groups in total. The summed E-state index contributed by atoms with van der Waals surface area (Å²) >= 11 is 0. The molecule has 1 aliphatic rings. The molecule has 4 aromatic rings. The van der Waals surface area contributed by atoms with Crippen LogP contribution in [0, 0.1) is 5.82 Å². The molecule has 1 atom stereocenters. The quantitative estimate of drug-likeness (QED) is 0.356. The van der Waals surface area contributed by atoms with Crippen LogP contribution in [0.3, 0.4) is 0 Å². The summed E-state index contributed by atoms with van der Waals surface area (Å²) < 4.78 is 30.9. The van der Waals surface area contributed by atoms with Crippen molar-refractivity contribution in [3.8, 4) is 11.5 Å². The minimum atomic E-state index is -0.714. The van der Waals surface area contributed by atoms with Crippen LogP contribution >= 0.6 is 0 Å². The van der Waals surface area contributed by atoms with Crippen LogP contribution in [0.25, 0.3) is 11.0 Å². The maximum atomic E-state index is 14.0. The number of hydrogen-bond acceptors (Lipinski definition) is 5. The van der Waals surface area contributed by atoms with Crippen molar-refractivity contribution in [2.75, 3.05) is 13.7 Å². The van der Waals surface area contributed by atoms with E-state index in [2.05, 4.69) is 0 Å². The maximum Gasteiger partial charge on any atom is 0.291 e. The Hall–Kier alpha value is -4.13. The second-order valence-electron chi connectivity index (χ2n) is 8.42. The zero-order valence-corrected chi connectivity index (χ0v) is 19.4. The summed E-state index contributed by atoms with van der Waals surface area (Å²) in [5.74, 6) is 0.380. The fourth-order valence-electron chi connectivity index (χ4n) is 4.42. The number of benzene rings is 3. The van der Waals surface area contributed by atoms with Gasteiger partial charge in [0.15, 0.2) is 5.43 Å². The Morgan fingerprint density at radius 1 is 1.00 bits per heavy atom. The van der Waals surface area contributed by atoms with Gasteiger partial charge >= 0.3 is 0 Å². The van der Waals surface area contributed by atoms with Crippen molar-refractivity contribution < 1.29 is 23.1 Å². The minimum absolute atomic E-state index is 0.0208. The monoisotopic (exact) mass is 473 g/mol. The molecule has 6 nitrogen and oxygen atoms in total. The lowest BCUT2D eigenvalue weighted by molar-refractivity contribution is 0.0714. The molecular formula is C28H24FNO5. The zero-order chi connectivity index (χ0) is 24.5. The average Bonchev–Trinajstić information content (AvgIpc) is 3.15. The molecule has 0 bridgehead atoms. The van der Waals surface area contributed by atoms with Gasteiger partial charge in [0.25, 0.3) is 5.91 Å². The highest BCUT2D eigenvalue weighted by Crippen LogP contribution is 2.40. The molecule has 0 saturated carbocycles. The fourth-order valence-corrected chi connectivity index (χ4v) is 4.42. The Balaban J connectivity index is 1.66. The van der Waals surface area contributed by atoms with Gasteiger partial charge in [0.1, 0.15) is 22.9 Å². The lowest BCUT2D eigenvalue weighted by Crippen LogP contribution is -2.29. The third kappa shape index (κ3) is 4.14. The number of rotatable bonds is 7. The summed E-state index contributed by atoms with van der Waals surface area (Å²) in [5, 5.41) is 0.103. The number of amides is 1. The SMILES string of the molecule is CCCOc1cccc(C2c3c(oc4ccc(F)cc4c3=O)C(=O)N2Cc2ccc(OC)cc2)c1. The second kappa shape index (κ2) is 9.25. The largest absolute Gasteiger partial charge is 0.497 e. The van der Waals surface area contributed by atoms with Crippen molar-refractivity contribution in [1.29, 1.82) is 0 Å². The number of carbonyl (C=O) groups excluding carboxylic acids is 1. The molecule has 7 heteroatoms. The average molecular weight is 474 g/mol. The van der Waals surface area contributed by atoms with Gasteiger partial charge in [-0.05, 0) is 60.0 Å². The molecule has 1 amide bonds. The Labute approximate surface area is 201 Å². The first-order chi connectivity index (χ1) is 17.0. The van der Waals surface area contributed by atoms with Crippen molar-refractivity contribution in [3.63, 3.8) is 0 Å². The number of nitrogens with zero attached hydrogens (tertiary/aromatic N) is 1. The van der Waals surface area contributed by atoms with Crippen LogP contribution < -0.4 is 14.9 Å². The van der Waals surface area contributed by atoms with Crippen LogP contribution in [-0.4, -0.2) is 24.5 Å². The van der Waals surface area contributed by atoms with Crippen LogP contribution in [0.5, 0.6) is 11.5 Å². The highest BCUT2D eigenvalue weighted by molar-refractivity contribution is 5.99. The van der Waals surface area contributed by atoms with Crippen LogP contribution in [0.2, 0.25) is 0 Å². The number of methoxy groups -OCH3 is 1. The van der Waals surface area contributed by atoms with Gasteiger partial charge in [-0.15, -0.1) is 0 Å². The van der Waals surface area contributed by atoms with E-state index in [9.17, 15) is 14.0 Å².